The first-order chi connectivity index (χ1) is 13.3. The van der Waals surface area contributed by atoms with Gasteiger partial charge in [-0.3, -0.25) is 9.13 Å². The first-order valence-corrected chi connectivity index (χ1v) is 9.01. The van der Waals surface area contributed by atoms with E-state index < -0.39 is 11.9 Å². The molecule has 28 heavy (non-hydrogen) atoms. The van der Waals surface area contributed by atoms with Gasteiger partial charge in [-0.25, -0.2) is 14.4 Å². The van der Waals surface area contributed by atoms with E-state index in [1.807, 2.05) is 0 Å². The van der Waals surface area contributed by atoms with Crippen LogP contribution in [0.4, 0.5) is 5.69 Å². The summed E-state index contributed by atoms with van der Waals surface area (Å²) in [5.41, 5.74) is 1.81. The molecule has 0 aliphatic carbocycles. The molecule has 1 aromatic carbocycles. The maximum absolute atomic E-state index is 12.6. The van der Waals surface area contributed by atoms with Gasteiger partial charge in [-0.1, -0.05) is 6.08 Å². The van der Waals surface area contributed by atoms with Gasteiger partial charge in [0.15, 0.2) is 0 Å². The van der Waals surface area contributed by atoms with Gasteiger partial charge in [0.1, 0.15) is 5.70 Å². The highest BCUT2D eigenvalue weighted by Gasteiger charge is 2.29. The molecule has 1 aromatic heterocycles. The van der Waals surface area contributed by atoms with Crippen molar-refractivity contribution in [1.82, 2.24) is 9.13 Å². The van der Waals surface area contributed by atoms with Gasteiger partial charge in [-0.2, -0.15) is 0 Å². The minimum absolute atomic E-state index is 0.000307. The summed E-state index contributed by atoms with van der Waals surface area (Å²) in [5, 5.41) is 0. The minimum Gasteiger partial charge on any atom is -0.465 e. The van der Waals surface area contributed by atoms with Crippen LogP contribution in [0.1, 0.15) is 0 Å². The fraction of sp³-hybridized carbons (Fsp3) is 0.211. The Labute approximate surface area is 169 Å². The first kappa shape index (κ1) is 19.7. The van der Waals surface area contributed by atoms with Crippen LogP contribution in [0, 0.1) is 0 Å². The third-order valence-corrected chi connectivity index (χ3v) is 5.12. The molecule has 9 heteroatoms. The van der Waals surface area contributed by atoms with E-state index in [4.69, 9.17) is 9.47 Å². The predicted octanol–water partition coefficient (Wildman–Crippen LogP) is 2.13. The molecule has 1 aliphatic heterocycles. The maximum atomic E-state index is 12.6. The molecule has 0 amide bonds. The fourth-order valence-corrected chi connectivity index (χ4v) is 3.57. The largest absolute Gasteiger partial charge is 0.465 e. The number of nitrogens with zero attached hydrogens (tertiary/aromatic N) is 3. The monoisotopic (exact) mass is 447 g/mol. The lowest BCUT2D eigenvalue weighted by molar-refractivity contribution is -0.139. The molecule has 3 rings (SSSR count). The molecule has 146 valence electrons. The lowest BCUT2D eigenvalue weighted by Crippen LogP contribution is -2.27. The Bertz CT molecular complexity index is 1140. The highest BCUT2D eigenvalue weighted by atomic mass is 79.9. The van der Waals surface area contributed by atoms with Gasteiger partial charge >= 0.3 is 17.6 Å². The van der Waals surface area contributed by atoms with Gasteiger partial charge in [0.05, 0.1) is 36.5 Å². The lowest BCUT2D eigenvalue weighted by atomic mass is 10.1. The second-order valence-electron chi connectivity index (χ2n) is 6.01. The number of benzene rings is 1. The highest BCUT2D eigenvalue weighted by molar-refractivity contribution is 9.10. The van der Waals surface area contributed by atoms with E-state index in [0.717, 1.165) is 5.52 Å². The molecule has 0 radical (unpaired) electrons. The van der Waals surface area contributed by atoms with Crippen LogP contribution in [0.3, 0.4) is 0 Å². The van der Waals surface area contributed by atoms with Crippen LogP contribution in [0.5, 0.6) is 0 Å². The molecule has 1 aliphatic rings. The van der Waals surface area contributed by atoms with E-state index in [1.54, 1.807) is 44.6 Å². The van der Waals surface area contributed by atoms with Gasteiger partial charge in [0.2, 0.25) is 0 Å². The number of hydrogen-bond acceptors (Lipinski definition) is 6. The van der Waals surface area contributed by atoms with Crippen molar-refractivity contribution >= 4 is 44.6 Å². The van der Waals surface area contributed by atoms with Crippen molar-refractivity contribution in [3.05, 3.63) is 62.8 Å². The summed E-state index contributed by atoms with van der Waals surface area (Å²) in [5.74, 6) is -1.37. The number of esters is 2. The summed E-state index contributed by atoms with van der Waals surface area (Å²) in [4.78, 5) is 38.6. The minimum atomic E-state index is -0.703. The smallest absolute Gasteiger partial charge is 0.355 e. The van der Waals surface area contributed by atoms with Crippen LogP contribution in [0.25, 0.3) is 11.0 Å². The van der Waals surface area contributed by atoms with Gasteiger partial charge in [-0.15, -0.1) is 0 Å². The number of methoxy groups -OCH3 is 2. The number of anilines is 1. The van der Waals surface area contributed by atoms with Crippen molar-refractivity contribution in [3.8, 4) is 0 Å². The van der Waals surface area contributed by atoms with Gasteiger partial charge in [-0.05, 0) is 40.2 Å². The summed E-state index contributed by atoms with van der Waals surface area (Å²) in [6.07, 6.45) is 6.42. The second kappa shape index (κ2) is 7.51. The van der Waals surface area contributed by atoms with E-state index in [9.17, 15) is 14.4 Å². The van der Waals surface area contributed by atoms with Gasteiger partial charge in [0.25, 0.3) is 0 Å². The summed E-state index contributed by atoms with van der Waals surface area (Å²) >= 11 is 3.51. The number of halogens is 1. The van der Waals surface area contributed by atoms with E-state index in [-0.39, 0.29) is 17.0 Å². The van der Waals surface area contributed by atoms with Crippen LogP contribution in [-0.2, 0) is 33.2 Å². The molecular weight excluding hydrogens is 430 g/mol. The number of carbonyl (C=O) groups excluding carboxylic acids is 2. The number of fused-ring (bicyclic) bond motifs is 1. The van der Waals surface area contributed by atoms with E-state index in [0.29, 0.717) is 15.7 Å². The number of imidazole rings is 1. The summed E-state index contributed by atoms with van der Waals surface area (Å²) < 4.78 is 13.4. The number of aryl methyl sites for hydroxylation is 2. The van der Waals surface area contributed by atoms with Gasteiger partial charge < -0.3 is 14.4 Å². The van der Waals surface area contributed by atoms with E-state index >= 15 is 0 Å². The third kappa shape index (κ3) is 3.07. The Morgan fingerprint density at radius 3 is 2.18 bits per heavy atom. The SMILES string of the molecule is COC(=O)C1=C(C(=O)OC)N(c2cc3c(cc2Br)n(C)c(=O)n3C)C=CC=C1. The fourth-order valence-electron chi connectivity index (χ4n) is 3.04. The number of aromatic nitrogens is 2. The zero-order valence-corrected chi connectivity index (χ0v) is 17.3. The van der Waals surface area contributed by atoms with Crippen molar-refractivity contribution in [2.45, 2.75) is 0 Å². The maximum Gasteiger partial charge on any atom is 0.355 e. The first-order valence-electron chi connectivity index (χ1n) is 8.21. The molecule has 0 N–H and O–H groups in total. The second-order valence-corrected chi connectivity index (χ2v) is 6.86. The molecule has 0 bridgehead atoms. The molecule has 2 heterocycles. The van der Waals surface area contributed by atoms with Crippen LogP contribution < -0.4 is 10.6 Å². The van der Waals surface area contributed by atoms with E-state index in [1.165, 1.54) is 34.3 Å². The van der Waals surface area contributed by atoms with Crippen molar-refractivity contribution in [3.63, 3.8) is 0 Å². The zero-order chi connectivity index (χ0) is 20.6. The Morgan fingerprint density at radius 2 is 1.57 bits per heavy atom. The van der Waals surface area contributed by atoms with E-state index in [2.05, 4.69) is 15.9 Å². The zero-order valence-electron chi connectivity index (χ0n) is 15.7. The highest BCUT2D eigenvalue weighted by Crippen LogP contribution is 2.35. The molecule has 0 saturated heterocycles. The molecular formula is C19H18BrN3O5. The average molecular weight is 448 g/mol. The van der Waals surface area contributed by atoms with Crippen LogP contribution >= 0.6 is 15.9 Å². The van der Waals surface area contributed by atoms with Crippen molar-refractivity contribution in [2.75, 3.05) is 19.1 Å². The normalized spacial score (nSPS) is 13.8. The topological polar surface area (TPSA) is 82.8 Å². The van der Waals surface area contributed by atoms with Crippen LogP contribution in [0.15, 0.2) is 57.1 Å². The van der Waals surface area contributed by atoms with Crippen molar-refractivity contribution in [1.29, 1.82) is 0 Å². The summed E-state index contributed by atoms with van der Waals surface area (Å²) in [6.45, 7) is 0. The predicted molar refractivity (Wildman–Crippen MR) is 108 cm³/mol. The Morgan fingerprint density at radius 1 is 0.964 bits per heavy atom. The molecule has 0 fully saturated rings. The van der Waals surface area contributed by atoms with Crippen molar-refractivity contribution in [2.24, 2.45) is 14.1 Å². The molecule has 0 unspecified atom stereocenters. The molecule has 8 nitrogen and oxygen atoms in total. The van der Waals surface area contributed by atoms with Gasteiger partial charge in [0, 0.05) is 24.8 Å². The average Bonchev–Trinajstić information content (AvgIpc) is 2.87. The third-order valence-electron chi connectivity index (χ3n) is 4.49. The molecule has 0 saturated carbocycles. The number of hydrogen-bond donors (Lipinski definition) is 0. The Hall–Kier alpha value is -3.07. The standard InChI is InChI=1S/C19H18BrN3O5/c1-21-14-9-12(20)13(10-15(14)22(2)19(21)26)23-8-6-5-7-11(17(24)27-3)16(23)18(25)28-4/h5-10H,1-4H3. The summed E-state index contributed by atoms with van der Waals surface area (Å²) in [6, 6.07) is 3.54. The summed E-state index contributed by atoms with van der Waals surface area (Å²) in [7, 11) is 5.82. The van der Waals surface area contributed by atoms with Crippen LogP contribution in [-0.4, -0.2) is 35.3 Å². The Kier molecular flexibility index (Phi) is 5.28. The number of allylic oxidation sites excluding steroid dienone is 2. The molecule has 0 atom stereocenters. The quantitative estimate of drug-likeness (QED) is 0.670. The number of rotatable bonds is 3. The number of carbonyl (C=O) groups is 2. The number of ether oxygens (including phenoxy) is 2. The molecule has 2 aromatic rings. The Balaban J connectivity index is 2.32. The molecule has 0 spiro atoms. The lowest BCUT2D eigenvalue weighted by Gasteiger charge is -2.24. The van der Waals surface area contributed by atoms with Crippen LogP contribution in [0.2, 0.25) is 0 Å². The van der Waals surface area contributed by atoms with Crippen molar-refractivity contribution < 1.29 is 19.1 Å².